The summed E-state index contributed by atoms with van der Waals surface area (Å²) in [6.07, 6.45) is 4.48. The molecule has 1 aromatic carbocycles. The summed E-state index contributed by atoms with van der Waals surface area (Å²) in [6, 6.07) is 13.5. The Morgan fingerprint density at radius 2 is 1.93 bits per heavy atom. The Hall–Kier alpha value is -2.93. The fraction of sp³-hybridized carbons (Fsp3) is 0.409. The fourth-order valence-corrected chi connectivity index (χ4v) is 4.73. The molecule has 1 spiro atoms. The van der Waals surface area contributed by atoms with Crippen molar-refractivity contribution in [3.8, 4) is 11.5 Å². The van der Waals surface area contributed by atoms with Crippen LogP contribution in [0.1, 0.15) is 41.7 Å². The first-order chi connectivity index (χ1) is 14.1. The smallest absolute Gasteiger partial charge is 0.289 e. The molecule has 0 radical (unpaired) electrons. The van der Waals surface area contributed by atoms with Crippen LogP contribution in [0, 0.1) is 5.41 Å². The topological polar surface area (TPSA) is 75.6 Å². The Morgan fingerprint density at radius 1 is 1.14 bits per heavy atom. The van der Waals surface area contributed by atoms with Gasteiger partial charge in [-0.1, -0.05) is 23.4 Å². The first-order valence-corrected chi connectivity index (χ1v) is 10.1. The SMILES string of the molecule is CN1CC2(CCN(C(=O)c3ccco3)CC2)CC1c1noc(-c2ccccc2)n1. The van der Waals surface area contributed by atoms with Crippen LogP contribution in [0.2, 0.25) is 0 Å². The molecule has 2 saturated heterocycles. The van der Waals surface area contributed by atoms with E-state index in [1.807, 2.05) is 35.2 Å². The molecular formula is C22H24N4O3. The molecule has 5 rings (SSSR count). The molecule has 0 bridgehead atoms. The van der Waals surface area contributed by atoms with Crippen LogP contribution in [0.15, 0.2) is 57.7 Å². The van der Waals surface area contributed by atoms with E-state index in [0.717, 1.165) is 50.3 Å². The zero-order valence-electron chi connectivity index (χ0n) is 16.5. The molecule has 150 valence electrons. The summed E-state index contributed by atoms with van der Waals surface area (Å²) in [5.74, 6) is 1.71. The molecule has 29 heavy (non-hydrogen) atoms. The number of likely N-dealkylation sites (tertiary alicyclic amines) is 2. The van der Waals surface area contributed by atoms with E-state index in [2.05, 4.69) is 22.1 Å². The molecule has 2 aliphatic rings. The summed E-state index contributed by atoms with van der Waals surface area (Å²) < 4.78 is 10.8. The summed E-state index contributed by atoms with van der Waals surface area (Å²) in [5, 5.41) is 4.28. The molecule has 0 saturated carbocycles. The number of hydrogen-bond donors (Lipinski definition) is 0. The van der Waals surface area contributed by atoms with E-state index in [4.69, 9.17) is 8.94 Å². The predicted molar refractivity (Wildman–Crippen MR) is 106 cm³/mol. The molecule has 4 heterocycles. The van der Waals surface area contributed by atoms with Gasteiger partial charge in [0.05, 0.1) is 12.3 Å². The van der Waals surface area contributed by atoms with Crippen LogP contribution in [-0.4, -0.2) is 52.5 Å². The average Bonchev–Trinajstić information content (AvgIpc) is 3.50. The number of piperidine rings is 1. The fourth-order valence-electron chi connectivity index (χ4n) is 4.73. The Bertz CT molecular complexity index is 975. The lowest BCUT2D eigenvalue weighted by Crippen LogP contribution is -2.44. The normalized spacial score (nSPS) is 21.7. The zero-order valence-corrected chi connectivity index (χ0v) is 16.5. The van der Waals surface area contributed by atoms with Crippen molar-refractivity contribution in [2.45, 2.75) is 25.3 Å². The number of furan rings is 1. The second kappa shape index (κ2) is 7.15. The lowest BCUT2D eigenvalue weighted by molar-refractivity contribution is 0.0563. The van der Waals surface area contributed by atoms with Gasteiger partial charge >= 0.3 is 0 Å². The summed E-state index contributed by atoms with van der Waals surface area (Å²) in [4.78, 5) is 21.4. The Balaban J connectivity index is 1.27. The second-order valence-corrected chi connectivity index (χ2v) is 8.23. The zero-order chi connectivity index (χ0) is 19.8. The van der Waals surface area contributed by atoms with Crippen molar-refractivity contribution < 1.29 is 13.7 Å². The van der Waals surface area contributed by atoms with Crippen molar-refractivity contribution in [2.75, 3.05) is 26.7 Å². The van der Waals surface area contributed by atoms with Gasteiger partial charge in [0.2, 0.25) is 0 Å². The Kier molecular flexibility index (Phi) is 4.47. The van der Waals surface area contributed by atoms with E-state index in [1.165, 1.54) is 0 Å². The van der Waals surface area contributed by atoms with Gasteiger partial charge in [-0.25, -0.2) is 0 Å². The minimum Gasteiger partial charge on any atom is -0.459 e. The molecule has 3 aromatic rings. The Labute approximate surface area is 169 Å². The van der Waals surface area contributed by atoms with E-state index in [-0.39, 0.29) is 17.4 Å². The summed E-state index contributed by atoms with van der Waals surface area (Å²) in [7, 11) is 2.12. The van der Waals surface area contributed by atoms with Gasteiger partial charge in [-0.3, -0.25) is 9.69 Å². The Morgan fingerprint density at radius 3 is 2.66 bits per heavy atom. The number of carbonyl (C=O) groups excluding carboxylic acids is 1. The van der Waals surface area contributed by atoms with Crippen molar-refractivity contribution in [2.24, 2.45) is 5.41 Å². The second-order valence-electron chi connectivity index (χ2n) is 8.23. The largest absolute Gasteiger partial charge is 0.459 e. The maximum atomic E-state index is 12.5. The highest BCUT2D eigenvalue weighted by molar-refractivity contribution is 5.91. The van der Waals surface area contributed by atoms with Gasteiger partial charge < -0.3 is 13.8 Å². The highest BCUT2D eigenvalue weighted by Crippen LogP contribution is 2.48. The minimum atomic E-state index is -0.0153. The van der Waals surface area contributed by atoms with Crippen LogP contribution in [0.5, 0.6) is 0 Å². The number of aromatic nitrogens is 2. The molecule has 1 unspecified atom stereocenters. The van der Waals surface area contributed by atoms with Gasteiger partial charge in [0.25, 0.3) is 11.8 Å². The lowest BCUT2D eigenvalue weighted by Gasteiger charge is -2.38. The van der Waals surface area contributed by atoms with Crippen LogP contribution in [0.25, 0.3) is 11.5 Å². The molecule has 0 N–H and O–H groups in total. The highest BCUT2D eigenvalue weighted by atomic mass is 16.5. The van der Waals surface area contributed by atoms with Crippen LogP contribution in [0.3, 0.4) is 0 Å². The van der Waals surface area contributed by atoms with Crippen LogP contribution in [-0.2, 0) is 0 Å². The van der Waals surface area contributed by atoms with Crippen molar-refractivity contribution in [1.82, 2.24) is 19.9 Å². The number of rotatable bonds is 3. The first kappa shape index (κ1) is 18.1. The molecule has 0 aliphatic carbocycles. The third-order valence-corrected chi connectivity index (χ3v) is 6.35. The first-order valence-electron chi connectivity index (χ1n) is 10.1. The summed E-state index contributed by atoms with van der Waals surface area (Å²) >= 11 is 0. The van der Waals surface area contributed by atoms with E-state index in [1.54, 1.807) is 18.4 Å². The van der Waals surface area contributed by atoms with E-state index < -0.39 is 0 Å². The van der Waals surface area contributed by atoms with Crippen molar-refractivity contribution in [3.05, 3.63) is 60.3 Å². The lowest BCUT2D eigenvalue weighted by atomic mass is 9.76. The van der Waals surface area contributed by atoms with Gasteiger partial charge in [0.1, 0.15) is 0 Å². The van der Waals surface area contributed by atoms with Crippen molar-refractivity contribution in [1.29, 1.82) is 0 Å². The van der Waals surface area contributed by atoms with Crippen LogP contribution >= 0.6 is 0 Å². The number of nitrogens with zero attached hydrogens (tertiary/aromatic N) is 4. The molecule has 7 heteroatoms. The predicted octanol–water partition coefficient (Wildman–Crippen LogP) is 3.63. The highest BCUT2D eigenvalue weighted by Gasteiger charge is 2.46. The number of carbonyl (C=O) groups is 1. The molecule has 1 amide bonds. The number of hydrogen-bond acceptors (Lipinski definition) is 6. The quantitative estimate of drug-likeness (QED) is 0.678. The standard InChI is InChI=1S/C22H24N4O3/c1-25-15-22(9-11-26(12-10-22)21(27)18-8-5-13-28-18)14-17(25)19-23-20(29-24-19)16-6-3-2-4-7-16/h2-8,13,17H,9-12,14-15H2,1H3. The third kappa shape index (κ3) is 3.35. The number of benzene rings is 1. The van der Waals surface area contributed by atoms with Gasteiger partial charge in [-0.05, 0) is 56.0 Å². The van der Waals surface area contributed by atoms with Gasteiger partial charge in [-0.15, -0.1) is 0 Å². The minimum absolute atomic E-state index is 0.0153. The van der Waals surface area contributed by atoms with Crippen LogP contribution < -0.4 is 0 Å². The van der Waals surface area contributed by atoms with Crippen molar-refractivity contribution >= 4 is 5.91 Å². The monoisotopic (exact) mass is 392 g/mol. The van der Waals surface area contributed by atoms with Gasteiger partial charge in [-0.2, -0.15) is 4.98 Å². The summed E-state index contributed by atoms with van der Waals surface area (Å²) in [5.41, 5.74) is 1.12. The number of amides is 1. The molecule has 2 aromatic heterocycles. The average molecular weight is 392 g/mol. The van der Waals surface area contributed by atoms with E-state index in [0.29, 0.717) is 11.7 Å². The molecule has 7 nitrogen and oxygen atoms in total. The van der Waals surface area contributed by atoms with Crippen LogP contribution in [0.4, 0.5) is 0 Å². The van der Waals surface area contributed by atoms with E-state index in [9.17, 15) is 4.79 Å². The molecule has 1 atom stereocenters. The molecular weight excluding hydrogens is 368 g/mol. The van der Waals surface area contributed by atoms with Gasteiger partial charge in [0.15, 0.2) is 11.6 Å². The third-order valence-electron chi connectivity index (χ3n) is 6.35. The maximum absolute atomic E-state index is 12.5. The van der Waals surface area contributed by atoms with Gasteiger partial charge in [0, 0.05) is 25.2 Å². The summed E-state index contributed by atoms with van der Waals surface area (Å²) in [6.45, 7) is 2.48. The molecule has 2 aliphatic heterocycles. The van der Waals surface area contributed by atoms with Crippen molar-refractivity contribution in [3.63, 3.8) is 0 Å². The van der Waals surface area contributed by atoms with E-state index >= 15 is 0 Å². The molecule has 2 fully saturated rings. The maximum Gasteiger partial charge on any atom is 0.289 e.